The quantitative estimate of drug-likeness (QED) is 0.760. The molecule has 0 amide bonds. The fourth-order valence-corrected chi connectivity index (χ4v) is 1.20. The highest BCUT2D eigenvalue weighted by atomic mass is 35.5. The molecule has 1 aromatic carbocycles. The van der Waals surface area contributed by atoms with Gasteiger partial charge in [0.1, 0.15) is 11.0 Å². The number of aromatic amines is 1. The smallest absolute Gasteiger partial charge is 0.113 e. The van der Waals surface area contributed by atoms with Crippen molar-refractivity contribution in [3.8, 4) is 0 Å². The average Bonchev–Trinajstić information content (AvgIpc) is 2.51. The third-order valence-electron chi connectivity index (χ3n) is 1.76. The number of rotatable bonds is 2. The lowest BCUT2D eigenvalue weighted by molar-refractivity contribution is 0.819. The molecule has 0 saturated heterocycles. The third-order valence-corrected chi connectivity index (χ3v) is 1.76. The molecule has 0 bridgehead atoms. The maximum Gasteiger partial charge on any atom is 0.113 e. The number of hydrogen-bond donors (Lipinski definition) is 2. The third kappa shape index (κ3) is 1.96. The highest BCUT2D eigenvalue weighted by molar-refractivity contribution is 5.85. The standard InChI is InChI=1S/C8H10N4.ClH/c1-9-5-6-2-3-7-8(4-6)11-12-10-7;/h2-4,9H,5H2,1H3,(H,10,11,12);1H. The zero-order chi connectivity index (χ0) is 8.39. The van der Waals surface area contributed by atoms with Gasteiger partial charge in [0.15, 0.2) is 0 Å². The summed E-state index contributed by atoms with van der Waals surface area (Å²) in [5, 5.41) is 13.6. The van der Waals surface area contributed by atoms with Gasteiger partial charge < -0.3 is 5.32 Å². The van der Waals surface area contributed by atoms with E-state index < -0.39 is 0 Å². The summed E-state index contributed by atoms with van der Waals surface area (Å²) in [6.07, 6.45) is 0. The first kappa shape index (κ1) is 9.95. The van der Waals surface area contributed by atoms with Crippen LogP contribution in [-0.4, -0.2) is 22.5 Å². The van der Waals surface area contributed by atoms with Crippen LogP contribution in [0.4, 0.5) is 0 Å². The van der Waals surface area contributed by atoms with Crippen molar-refractivity contribution in [1.82, 2.24) is 20.7 Å². The summed E-state index contributed by atoms with van der Waals surface area (Å²) < 4.78 is 0. The van der Waals surface area contributed by atoms with Crippen LogP contribution in [0.3, 0.4) is 0 Å². The van der Waals surface area contributed by atoms with Crippen molar-refractivity contribution in [2.75, 3.05) is 7.05 Å². The molecular formula is C8H11ClN4. The number of fused-ring (bicyclic) bond motifs is 1. The van der Waals surface area contributed by atoms with Gasteiger partial charge in [-0.05, 0) is 24.7 Å². The Morgan fingerprint density at radius 3 is 2.85 bits per heavy atom. The molecule has 0 aliphatic carbocycles. The fraction of sp³-hybridized carbons (Fsp3) is 0.250. The number of nitrogens with zero attached hydrogens (tertiary/aromatic N) is 2. The zero-order valence-electron chi connectivity index (χ0n) is 7.24. The maximum absolute atomic E-state index is 4.00. The van der Waals surface area contributed by atoms with E-state index in [0.717, 1.165) is 17.6 Å². The van der Waals surface area contributed by atoms with Gasteiger partial charge in [0.2, 0.25) is 0 Å². The lowest BCUT2D eigenvalue weighted by Gasteiger charge is -1.97. The van der Waals surface area contributed by atoms with Crippen LogP contribution in [0, 0.1) is 0 Å². The van der Waals surface area contributed by atoms with Gasteiger partial charge in [0.05, 0.1) is 0 Å². The summed E-state index contributed by atoms with van der Waals surface area (Å²) in [5.74, 6) is 0. The SMILES string of the molecule is CNCc1ccc2n[nH]nc2c1.Cl. The van der Waals surface area contributed by atoms with E-state index in [2.05, 4.69) is 20.7 Å². The lowest BCUT2D eigenvalue weighted by atomic mass is 10.2. The van der Waals surface area contributed by atoms with Crippen molar-refractivity contribution in [2.45, 2.75) is 6.54 Å². The molecule has 0 aliphatic rings. The first-order valence-electron chi connectivity index (χ1n) is 3.84. The van der Waals surface area contributed by atoms with Crippen LogP contribution >= 0.6 is 12.4 Å². The molecule has 1 heterocycles. The van der Waals surface area contributed by atoms with Gasteiger partial charge in [0.25, 0.3) is 0 Å². The minimum absolute atomic E-state index is 0. The van der Waals surface area contributed by atoms with Crippen molar-refractivity contribution in [3.05, 3.63) is 23.8 Å². The van der Waals surface area contributed by atoms with E-state index >= 15 is 0 Å². The second-order valence-electron chi connectivity index (χ2n) is 2.68. The minimum atomic E-state index is 0. The molecule has 4 nitrogen and oxygen atoms in total. The summed E-state index contributed by atoms with van der Waals surface area (Å²) in [6, 6.07) is 6.03. The Balaban J connectivity index is 0.000000845. The number of nitrogens with one attached hydrogen (secondary N) is 2. The van der Waals surface area contributed by atoms with Gasteiger partial charge in [-0.25, -0.2) is 0 Å². The highest BCUT2D eigenvalue weighted by Crippen LogP contribution is 2.09. The minimum Gasteiger partial charge on any atom is -0.316 e. The molecule has 0 aliphatic heterocycles. The summed E-state index contributed by atoms with van der Waals surface area (Å²) in [7, 11) is 1.92. The number of H-pyrrole nitrogens is 1. The Morgan fingerprint density at radius 2 is 2.08 bits per heavy atom. The number of aromatic nitrogens is 3. The molecule has 0 unspecified atom stereocenters. The Bertz CT molecular complexity index is 384. The van der Waals surface area contributed by atoms with Crippen LogP contribution in [0.2, 0.25) is 0 Å². The Hall–Kier alpha value is -1.13. The molecule has 0 spiro atoms. The van der Waals surface area contributed by atoms with Crippen LogP contribution in [0.15, 0.2) is 18.2 Å². The fourth-order valence-electron chi connectivity index (χ4n) is 1.20. The number of halogens is 1. The predicted octanol–water partition coefficient (Wildman–Crippen LogP) is 1.10. The molecule has 13 heavy (non-hydrogen) atoms. The van der Waals surface area contributed by atoms with E-state index in [1.165, 1.54) is 5.56 Å². The largest absolute Gasteiger partial charge is 0.316 e. The molecule has 0 fully saturated rings. The van der Waals surface area contributed by atoms with E-state index in [-0.39, 0.29) is 12.4 Å². The Labute approximate surface area is 82.1 Å². The average molecular weight is 199 g/mol. The van der Waals surface area contributed by atoms with Crippen LogP contribution in [0.5, 0.6) is 0 Å². The summed E-state index contributed by atoms with van der Waals surface area (Å²) in [6.45, 7) is 0.864. The summed E-state index contributed by atoms with van der Waals surface area (Å²) in [5.41, 5.74) is 3.05. The van der Waals surface area contributed by atoms with Crippen LogP contribution in [0.1, 0.15) is 5.56 Å². The van der Waals surface area contributed by atoms with Crippen LogP contribution in [-0.2, 0) is 6.54 Å². The summed E-state index contributed by atoms with van der Waals surface area (Å²) >= 11 is 0. The van der Waals surface area contributed by atoms with Gasteiger partial charge in [-0.2, -0.15) is 15.4 Å². The van der Waals surface area contributed by atoms with Crippen molar-refractivity contribution in [3.63, 3.8) is 0 Å². The first-order valence-corrected chi connectivity index (χ1v) is 3.84. The van der Waals surface area contributed by atoms with Gasteiger partial charge in [0, 0.05) is 6.54 Å². The molecule has 1 aromatic heterocycles. The van der Waals surface area contributed by atoms with Crippen molar-refractivity contribution in [1.29, 1.82) is 0 Å². The van der Waals surface area contributed by atoms with E-state index in [0.29, 0.717) is 0 Å². The Morgan fingerprint density at radius 1 is 1.31 bits per heavy atom. The molecule has 2 rings (SSSR count). The topological polar surface area (TPSA) is 53.6 Å². The van der Waals surface area contributed by atoms with E-state index in [4.69, 9.17) is 0 Å². The van der Waals surface area contributed by atoms with E-state index in [1.54, 1.807) is 0 Å². The van der Waals surface area contributed by atoms with Gasteiger partial charge in [-0.15, -0.1) is 12.4 Å². The molecule has 5 heteroatoms. The second-order valence-corrected chi connectivity index (χ2v) is 2.68. The molecular weight excluding hydrogens is 188 g/mol. The number of benzene rings is 1. The summed E-state index contributed by atoms with van der Waals surface area (Å²) in [4.78, 5) is 0. The number of hydrogen-bond acceptors (Lipinski definition) is 3. The Kier molecular flexibility index (Phi) is 3.22. The van der Waals surface area contributed by atoms with Gasteiger partial charge >= 0.3 is 0 Å². The normalized spacial score (nSPS) is 9.92. The van der Waals surface area contributed by atoms with Crippen molar-refractivity contribution < 1.29 is 0 Å². The van der Waals surface area contributed by atoms with Crippen molar-refractivity contribution in [2.24, 2.45) is 0 Å². The van der Waals surface area contributed by atoms with Gasteiger partial charge in [-0.3, -0.25) is 0 Å². The highest BCUT2D eigenvalue weighted by Gasteiger charge is 1.97. The van der Waals surface area contributed by atoms with E-state index in [1.807, 2.05) is 25.2 Å². The van der Waals surface area contributed by atoms with Crippen molar-refractivity contribution >= 4 is 23.4 Å². The molecule has 70 valence electrons. The van der Waals surface area contributed by atoms with E-state index in [9.17, 15) is 0 Å². The molecule has 0 atom stereocenters. The molecule has 2 aromatic rings. The monoisotopic (exact) mass is 198 g/mol. The molecule has 0 saturated carbocycles. The van der Waals surface area contributed by atoms with Crippen LogP contribution < -0.4 is 5.32 Å². The lowest BCUT2D eigenvalue weighted by Crippen LogP contribution is -2.04. The first-order chi connectivity index (χ1) is 5.90. The zero-order valence-corrected chi connectivity index (χ0v) is 8.06. The van der Waals surface area contributed by atoms with Crippen LogP contribution in [0.25, 0.3) is 11.0 Å². The predicted molar refractivity (Wildman–Crippen MR) is 53.9 cm³/mol. The molecule has 0 radical (unpaired) electrons. The van der Waals surface area contributed by atoms with Gasteiger partial charge in [-0.1, -0.05) is 6.07 Å². The molecule has 2 N–H and O–H groups in total. The maximum atomic E-state index is 4.00. The second kappa shape index (κ2) is 4.20.